The van der Waals surface area contributed by atoms with Crippen LogP contribution in [0.5, 0.6) is 0 Å². The summed E-state index contributed by atoms with van der Waals surface area (Å²) in [6.45, 7) is 3.71. The Hall–Kier alpha value is -1.91. The number of fused-ring (bicyclic) bond motifs is 2. The van der Waals surface area contributed by atoms with Gasteiger partial charge < -0.3 is 10.1 Å². The summed E-state index contributed by atoms with van der Waals surface area (Å²) < 4.78 is 19.4. The van der Waals surface area contributed by atoms with Crippen molar-refractivity contribution >= 4 is 11.9 Å². The molecule has 158 valence electrons. The third-order valence-electron chi connectivity index (χ3n) is 7.68. The first-order valence-corrected chi connectivity index (χ1v) is 11.2. The predicted molar refractivity (Wildman–Crippen MR) is 109 cm³/mol. The topological polar surface area (TPSA) is 55.4 Å². The van der Waals surface area contributed by atoms with Crippen molar-refractivity contribution < 1.29 is 18.7 Å². The highest BCUT2D eigenvalue weighted by molar-refractivity contribution is 5.88. The molecule has 1 aromatic rings. The minimum absolute atomic E-state index is 0.0996. The van der Waals surface area contributed by atoms with Crippen LogP contribution in [0.2, 0.25) is 0 Å². The summed E-state index contributed by atoms with van der Waals surface area (Å²) in [4.78, 5) is 25.8. The van der Waals surface area contributed by atoms with E-state index in [0.717, 1.165) is 24.7 Å². The van der Waals surface area contributed by atoms with Crippen LogP contribution in [0.4, 0.5) is 4.39 Å². The molecule has 3 aliphatic rings. The predicted octanol–water partition coefficient (Wildman–Crippen LogP) is 4.51. The van der Waals surface area contributed by atoms with E-state index in [1.807, 2.05) is 0 Å². The van der Waals surface area contributed by atoms with Crippen LogP contribution >= 0.6 is 0 Å². The number of carbonyl (C=O) groups excluding carboxylic acids is 2. The third-order valence-corrected chi connectivity index (χ3v) is 7.68. The van der Waals surface area contributed by atoms with Gasteiger partial charge >= 0.3 is 5.97 Å². The van der Waals surface area contributed by atoms with Crippen molar-refractivity contribution in [1.82, 2.24) is 5.32 Å². The lowest BCUT2D eigenvalue weighted by atomic mass is 9.79. The summed E-state index contributed by atoms with van der Waals surface area (Å²) >= 11 is 0. The molecule has 0 aromatic heterocycles. The van der Waals surface area contributed by atoms with Gasteiger partial charge in [0.1, 0.15) is 5.82 Å². The number of nitrogens with one attached hydrogen (secondary N) is 1. The number of ether oxygens (including phenoxy) is 1. The fraction of sp³-hybridized carbons (Fsp3) is 0.667. The van der Waals surface area contributed by atoms with Gasteiger partial charge in [-0.2, -0.15) is 0 Å². The Morgan fingerprint density at radius 3 is 2.55 bits per heavy atom. The molecule has 0 spiro atoms. The molecule has 1 N–H and O–H groups in total. The Labute approximate surface area is 172 Å². The standard InChI is InChI=1S/C24H32FNO3/c1-15(21-13-17-8-9-18(21)12-17)26-22(27)16(2)29-23(28)24(10-3-4-11-24)19-6-5-7-20(25)14-19/h5-7,14-18,21H,3-4,8-13H2,1-2H3,(H,26,27)/t15-,16+,17-,18-,21+/m1/s1. The van der Waals surface area contributed by atoms with Crippen LogP contribution in [0.3, 0.4) is 0 Å². The van der Waals surface area contributed by atoms with Crippen LogP contribution in [0.25, 0.3) is 0 Å². The maximum absolute atomic E-state index is 13.8. The van der Waals surface area contributed by atoms with Crippen LogP contribution in [0, 0.1) is 23.6 Å². The van der Waals surface area contributed by atoms with Crippen LogP contribution < -0.4 is 5.32 Å². The van der Waals surface area contributed by atoms with Gasteiger partial charge in [0.2, 0.25) is 0 Å². The highest BCUT2D eigenvalue weighted by Crippen LogP contribution is 2.49. The summed E-state index contributed by atoms with van der Waals surface area (Å²) in [7, 11) is 0. The van der Waals surface area contributed by atoms with Crippen molar-refractivity contribution in [3.05, 3.63) is 35.6 Å². The highest BCUT2D eigenvalue weighted by Gasteiger charge is 2.46. The molecule has 0 aliphatic heterocycles. The zero-order valence-corrected chi connectivity index (χ0v) is 17.5. The smallest absolute Gasteiger partial charge is 0.317 e. The summed E-state index contributed by atoms with van der Waals surface area (Å²) in [5.41, 5.74) is -0.185. The second-order valence-corrected chi connectivity index (χ2v) is 9.48. The normalized spacial score (nSPS) is 29.4. The monoisotopic (exact) mass is 401 g/mol. The second kappa shape index (κ2) is 8.08. The Balaban J connectivity index is 1.39. The van der Waals surface area contributed by atoms with Gasteiger partial charge in [0.05, 0.1) is 5.41 Å². The maximum atomic E-state index is 13.8. The molecule has 5 atom stereocenters. The average molecular weight is 402 g/mol. The van der Waals surface area contributed by atoms with Crippen molar-refractivity contribution in [2.24, 2.45) is 17.8 Å². The lowest BCUT2D eigenvalue weighted by Gasteiger charge is -2.31. The summed E-state index contributed by atoms with van der Waals surface area (Å²) in [5.74, 6) is 1.09. The molecule has 3 saturated carbocycles. The summed E-state index contributed by atoms with van der Waals surface area (Å²) in [5, 5.41) is 3.09. The molecule has 4 rings (SSSR count). The molecule has 0 saturated heterocycles. The fourth-order valence-electron chi connectivity index (χ4n) is 6.06. The van der Waals surface area contributed by atoms with E-state index in [4.69, 9.17) is 4.74 Å². The molecule has 2 bridgehead atoms. The van der Waals surface area contributed by atoms with E-state index in [1.165, 1.54) is 37.8 Å². The van der Waals surface area contributed by atoms with Crippen LogP contribution in [-0.4, -0.2) is 24.0 Å². The van der Waals surface area contributed by atoms with Gasteiger partial charge in [0.15, 0.2) is 6.10 Å². The zero-order chi connectivity index (χ0) is 20.6. The Bertz CT molecular complexity index is 773. The van der Waals surface area contributed by atoms with Gasteiger partial charge in [-0.25, -0.2) is 4.39 Å². The second-order valence-electron chi connectivity index (χ2n) is 9.48. The van der Waals surface area contributed by atoms with Crippen LogP contribution in [0.1, 0.15) is 70.8 Å². The summed E-state index contributed by atoms with van der Waals surface area (Å²) in [6.07, 6.45) is 7.30. The van der Waals surface area contributed by atoms with Crippen molar-refractivity contribution in [2.45, 2.75) is 82.8 Å². The molecule has 3 fully saturated rings. The van der Waals surface area contributed by atoms with Gasteiger partial charge in [0, 0.05) is 6.04 Å². The largest absolute Gasteiger partial charge is 0.452 e. The number of hydrogen-bond acceptors (Lipinski definition) is 3. The molecular weight excluding hydrogens is 369 g/mol. The van der Waals surface area contributed by atoms with E-state index < -0.39 is 17.5 Å². The van der Waals surface area contributed by atoms with Gasteiger partial charge in [-0.05, 0) is 81.4 Å². The van der Waals surface area contributed by atoms with Crippen LogP contribution in [-0.2, 0) is 19.7 Å². The number of amides is 1. The molecule has 4 nitrogen and oxygen atoms in total. The first kappa shape index (κ1) is 20.4. The minimum atomic E-state index is -0.852. The van der Waals surface area contributed by atoms with Gasteiger partial charge in [-0.1, -0.05) is 31.4 Å². The number of carbonyl (C=O) groups is 2. The van der Waals surface area contributed by atoms with Gasteiger partial charge in [-0.3, -0.25) is 9.59 Å². The molecule has 0 heterocycles. The molecule has 29 heavy (non-hydrogen) atoms. The Morgan fingerprint density at radius 1 is 1.17 bits per heavy atom. The Morgan fingerprint density at radius 2 is 1.93 bits per heavy atom. The van der Waals surface area contributed by atoms with Gasteiger partial charge in [0.25, 0.3) is 5.91 Å². The highest BCUT2D eigenvalue weighted by atomic mass is 19.1. The van der Waals surface area contributed by atoms with Gasteiger partial charge in [-0.15, -0.1) is 0 Å². The fourth-order valence-corrected chi connectivity index (χ4v) is 6.06. The lowest BCUT2D eigenvalue weighted by Crippen LogP contribution is -2.46. The SMILES string of the molecule is C[C@H](OC(=O)C1(c2cccc(F)c2)CCCC1)C(=O)N[C@H](C)[C@@H]1C[C@@H]2CC[C@@H]1C2. The zero-order valence-electron chi connectivity index (χ0n) is 17.5. The van der Waals surface area contributed by atoms with Crippen molar-refractivity contribution in [2.75, 3.05) is 0 Å². The maximum Gasteiger partial charge on any atom is 0.317 e. The molecular formula is C24H32FNO3. The van der Waals surface area contributed by atoms with Crippen molar-refractivity contribution in [1.29, 1.82) is 0 Å². The lowest BCUT2D eigenvalue weighted by molar-refractivity contribution is -0.160. The molecule has 5 heteroatoms. The van der Waals surface area contributed by atoms with E-state index in [2.05, 4.69) is 12.2 Å². The van der Waals surface area contributed by atoms with Crippen molar-refractivity contribution in [3.8, 4) is 0 Å². The molecule has 1 amide bonds. The first-order chi connectivity index (χ1) is 13.9. The molecule has 0 radical (unpaired) electrons. The average Bonchev–Trinajstić information content (AvgIpc) is 3.44. The number of esters is 1. The van der Waals surface area contributed by atoms with E-state index >= 15 is 0 Å². The van der Waals surface area contributed by atoms with E-state index in [1.54, 1.807) is 19.1 Å². The van der Waals surface area contributed by atoms with Crippen LogP contribution in [0.15, 0.2) is 24.3 Å². The number of halogens is 1. The third kappa shape index (κ3) is 3.93. The number of hydrogen-bond donors (Lipinski definition) is 1. The number of rotatable bonds is 6. The van der Waals surface area contributed by atoms with Crippen molar-refractivity contribution in [3.63, 3.8) is 0 Å². The minimum Gasteiger partial charge on any atom is -0.452 e. The van der Waals surface area contributed by atoms with E-state index in [-0.39, 0.29) is 17.8 Å². The van der Waals surface area contributed by atoms with E-state index in [0.29, 0.717) is 24.3 Å². The van der Waals surface area contributed by atoms with E-state index in [9.17, 15) is 14.0 Å². The molecule has 1 aromatic carbocycles. The summed E-state index contributed by atoms with van der Waals surface area (Å²) in [6, 6.07) is 6.32. The quantitative estimate of drug-likeness (QED) is 0.714. The molecule has 3 aliphatic carbocycles. The molecule has 0 unspecified atom stereocenters. The number of benzene rings is 1. The first-order valence-electron chi connectivity index (χ1n) is 11.2. The Kier molecular flexibility index (Phi) is 5.67.